The number of rotatable bonds is 5. The van der Waals surface area contributed by atoms with E-state index in [0.29, 0.717) is 5.92 Å². The molecule has 0 aromatic heterocycles. The average molecular weight is 250 g/mol. The molecule has 1 aromatic rings. The highest BCUT2D eigenvalue weighted by atomic mass is 16.3. The molecular formula is C15H26N2O. The maximum absolute atomic E-state index is 9.33. The molecule has 0 heterocycles. The Kier molecular flexibility index (Phi) is 5.32. The van der Waals surface area contributed by atoms with Gasteiger partial charge in [0.2, 0.25) is 0 Å². The van der Waals surface area contributed by atoms with Crippen molar-refractivity contribution < 1.29 is 5.11 Å². The Balaban J connectivity index is 3.22. The van der Waals surface area contributed by atoms with Crippen LogP contribution in [0.2, 0.25) is 0 Å². The molecule has 3 N–H and O–H groups in total. The van der Waals surface area contributed by atoms with E-state index >= 15 is 0 Å². The molecule has 0 radical (unpaired) electrons. The zero-order valence-electron chi connectivity index (χ0n) is 12.1. The summed E-state index contributed by atoms with van der Waals surface area (Å²) in [4.78, 5) is 2.08. The van der Waals surface area contributed by atoms with Gasteiger partial charge in [-0.3, -0.25) is 0 Å². The Bertz CT molecular complexity index is 388. The molecule has 0 aliphatic carbocycles. The minimum absolute atomic E-state index is 0.00576. The molecule has 1 aromatic carbocycles. The van der Waals surface area contributed by atoms with Gasteiger partial charge >= 0.3 is 0 Å². The summed E-state index contributed by atoms with van der Waals surface area (Å²) in [5, 5.41) is 9.33. The van der Waals surface area contributed by atoms with Gasteiger partial charge in [-0.2, -0.15) is 0 Å². The van der Waals surface area contributed by atoms with Gasteiger partial charge in [0.05, 0.1) is 12.6 Å². The molecule has 2 unspecified atom stereocenters. The lowest BCUT2D eigenvalue weighted by molar-refractivity contribution is 0.181. The molecule has 0 bridgehead atoms. The monoisotopic (exact) mass is 250 g/mol. The molecular weight excluding hydrogens is 224 g/mol. The van der Waals surface area contributed by atoms with E-state index in [2.05, 4.69) is 43.9 Å². The molecule has 1 rings (SSSR count). The Labute approximate surface area is 111 Å². The predicted molar refractivity (Wildman–Crippen MR) is 76.8 cm³/mol. The average Bonchev–Trinajstić information content (AvgIpc) is 2.30. The molecule has 0 saturated heterocycles. The smallest absolute Gasteiger partial charge is 0.0601 e. The van der Waals surface area contributed by atoms with Crippen LogP contribution in [0.3, 0.4) is 0 Å². The maximum atomic E-state index is 9.33. The van der Waals surface area contributed by atoms with Crippen molar-refractivity contribution in [1.82, 2.24) is 4.90 Å². The summed E-state index contributed by atoms with van der Waals surface area (Å²) in [6.07, 6.45) is 0. The van der Waals surface area contributed by atoms with E-state index in [1.807, 2.05) is 14.1 Å². The summed E-state index contributed by atoms with van der Waals surface area (Å²) in [6.45, 7) is 6.46. The fourth-order valence-corrected chi connectivity index (χ4v) is 2.33. The minimum Gasteiger partial charge on any atom is -0.395 e. The van der Waals surface area contributed by atoms with Crippen LogP contribution in [-0.4, -0.2) is 36.8 Å². The van der Waals surface area contributed by atoms with Crippen molar-refractivity contribution in [3.8, 4) is 0 Å². The summed E-state index contributed by atoms with van der Waals surface area (Å²) in [6, 6.07) is 6.32. The van der Waals surface area contributed by atoms with Crippen molar-refractivity contribution >= 4 is 0 Å². The van der Waals surface area contributed by atoms with Crippen LogP contribution in [-0.2, 0) is 0 Å². The van der Waals surface area contributed by atoms with E-state index in [-0.39, 0.29) is 18.7 Å². The third-order valence-corrected chi connectivity index (χ3v) is 3.46. The maximum Gasteiger partial charge on any atom is 0.0601 e. The SMILES string of the molecule is Cc1ccc(C(C)C)cc1C(C(N)CO)N(C)C. The standard InChI is InChI=1S/C15H26N2O/c1-10(2)12-7-6-11(3)13(8-12)15(17(4)5)14(16)9-18/h6-8,10,14-15,18H,9,16H2,1-5H3. The molecule has 0 aliphatic rings. The summed E-state index contributed by atoms with van der Waals surface area (Å²) >= 11 is 0. The van der Waals surface area contributed by atoms with Crippen LogP contribution in [0.1, 0.15) is 42.5 Å². The summed E-state index contributed by atoms with van der Waals surface area (Å²) in [7, 11) is 4.00. The van der Waals surface area contributed by atoms with Crippen molar-refractivity contribution in [1.29, 1.82) is 0 Å². The third kappa shape index (κ3) is 3.31. The number of hydrogen-bond acceptors (Lipinski definition) is 3. The molecule has 3 heteroatoms. The van der Waals surface area contributed by atoms with E-state index in [1.54, 1.807) is 0 Å². The van der Waals surface area contributed by atoms with E-state index in [0.717, 1.165) is 0 Å². The summed E-state index contributed by atoms with van der Waals surface area (Å²) in [5.74, 6) is 0.498. The second-order valence-electron chi connectivity index (χ2n) is 5.53. The number of likely N-dealkylation sites (N-methyl/N-ethyl adjacent to an activating group) is 1. The fourth-order valence-electron chi connectivity index (χ4n) is 2.33. The molecule has 3 nitrogen and oxygen atoms in total. The lowest BCUT2D eigenvalue weighted by Gasteiger charge is -2.31. The molecule has 2 atom stereocenters. The van der Waals surface area contributed by atoms with Crippen molar-refractivity contribution in [2.75, 3.05) is 20.7 Å². The van der Waals surface area contributed by atoms with Gasteiger partial charge in [0.1, 0.15) is 0 Å². The first-order valence-electron chi connectivity index (χ1n) is 6.51. The van der Waals surface area contributed by atoms with Crippen LogP contribution in [0.15, 0.2) is 18.2 Å². The van der Waals surface area contributed by atoms with Gasteiger partial charge in [-0.05, 0) is 43.6 Å². The zero-order chi connectivity index (χ0) is 13.9. The number of nitrogens with two attached hydrogens (primary N) is 1. The summed E-state index contributed by atoms with van der Waals surface area (Å²) < 4.78 is 0. The zero-order valence-corrected chi connectivity index (χ0v) is 12.1. The number of hydrogen-bond donors (Lipinski definition) is 2. The quantitative estimate of drug-likeness (QED) is 0.841. The van der Waals surface area contributed by atoms with E-state index < -0.39 is 0 Å². The molecule has 0 fully saturated rings. The number of aliphatic hydroxyl groups excluding tert-OH is 1. The topological polar surface area (TPSA) is 49.5 Å². The molecule has 0 amide bonds. The van der Waals surface area contributed by atoms with E-state index in [9.17, 15) is 5.11 Å². The number of aryl methyl sites for hydroxylation is 1. The van der Waals surface area contributed by atoms with Gasteiger partial charge in [0.15, 0.2) is 0 Å². The highest BCUT2D eigenvalue weighted by molar-refractivity contribution is 5.35. The molecule has 0 aliphatic heterocycles. The fraction of sp³-hybridized carbons (Fsp3) is 0.600. The van der Waals surface area contributed by atoms with Crippen LogP contribution >= 0.6 is 0 Å². The van der Waals surface area contributed by atoms with E-state index in [1.165, 1.54) is 16.7 Å². The highest BCUT2D eigenvalue weighted by Crippen LogP contribution is 2.27. The normalized spacial score (nSPS) is 15.2. The molecule has 102 valence electrons. The van der Waals surface area contributed by atoms with Gasteiger partial charge in [-0.15, -0.1) is 0 Å². The number of benzene rings is 1. The van der Waals surface area contributed by atoms with Gasteiger partial charge in [-0.1, -0.05) is 32.0 Å². The van der Waals surface area contributed by atoms with Crippen molar-refractivity contribution in [2.45, 2.75) is 38.8 Å². The lowest BCUT2D eigenvalue weighted by Crippen LogP contribution is -2.40. The van der Waals surface area contributed by atoms with Gasteiger partial charge in [0.25, 0.3) is 0 Å². The van der Waals surface area contributed by atoms with Gasteiger partial charge in [-0.25, -0.2) is 0 Å². The molecule has 0 saturated carbocycles. The Hall–Kier alpha value is -0.900. The predicted octanol–water partition coefficient (Wildman–Crippen LogP) is 2.04. The summed E-state index contributed by atoms with van der Waals surface area (Å²) in [5.41, 5.74) is 9.81. The Morgan fingerprint density at radius 2 is 1.89 bits per heavy atom. The van der Waals surface area contributed by atoms with E-state index in [4.69, 9.17) is 5.73 Å². The van der Waals surface area contributed by atoms with Gasteiger partial charge < -0.3 is 15.7 Å². The van der Waals surface area contributed by atoms with Crippen LogP contribution in [0.25, 0.3) is 0 Å². The highest BCUT2D eigenvalue weighted by Gasteiger charge is 2.23. The van der Waals surface area contributed by atoms with Crippen LogP contribution in [0.4, 0.5) is 0 Å². The second kappa shape index (κ2) is 6.32. The largest absolute Gasteiger partial charge is 0.395 e. The Morgan fingerprint density at radius 1 is 1.28 bits per heavy atom. The van der Waals surface area contributed by atoms with Gasteiger partial charge in [0, 0.05) is 6.04 Å². The van der Waals surface area contributed by atoms with Crippen molar-refractivity contribution in [2.24, 2.45) is 5.73 Å². The number of nitrogens with zero attached hydrogens (tertiary/aromatic N) is 1. The Morgan fingerprint density at radius 3 is 2.33 bits per heavy atom. The first-order valence-corrected chi connectivity index (χ1v) is 6.51. The first kappa shape index (κ1) is 15.2. The van der Waals surface area contributed by atoms with Crippen LogP contribution in [0.5, 0.6) is 0 Å². The molecule has 0 spiro atoms. The first-order chi connectivity index (χ1) is 8.38. The molecule has 18 heavy (non-hydrogen) atoms. The minimum atomic E-state index is -0.263. The van der Waals surface area contributed by atoms with Crippen LogP contribution in [0, 0.1) is 6.92 Å². The van der Waals surface area contributed by atoms with Crippen LogP contribution < -0.4 is 5.73 Å². The lowest BCUT2D eigenvalue weighted by atomic mass is 9.90. The van der Waals surface area contributed by atoms with Crippen molar-refractivity contribution in [3.63, 3.8) is 0 Å². The third-order valence-electron chi connectivity index (χ3n) is 3.46. The number of aliphatic hydroxyl groups is 1. The second-order valence-corrected chi connectivity index (χ2v) is 5.53. The van der Waals surface area contributed by atoms with Crippen molar-refractivity contribution in [3.05, 3.63) is 34.9 Å².